The number of nitrogens with one attached hydrogen (secondary N) is 2. The highest BCUT2D eigenvalue weighted by Gasteiger charge is 2.44. The monoisotopic (exact) mass is 431 g/mol. The summed E-state index contributed by atoms with van der Waals surface area (Å²) in [4.78, 5) is 41.0. The maximum absolute atomic E-state index is 12.7. The quantitative estimate of drug-likeness (QED) is 0.535. The molecule has 0 aliphatic heterocycles. The number of carbonyl (C=O) groups excluding carboxylic acids is 2. The van der Waals surface area contributed by atoms with Gasteiger partial charge in [0.15, 0.2) is 5.16 Å². The van der Waals surface area contributed by atoms with Gasteiger partial charge in [-0.1, -0.05) is 23.4 Å². The molecule has 0 spiro atoms. The maximum atomic E-state index is 12.7. The molecular weight excluding hydrogens is 414 g/mol. The Morgan fingerprint density at radius 2 is 2.10 bits per heavy atom. The zero-order chi connectivity index (χ0) is 21.2. The lowest BCUT2D eigenvalue weighted by molar-refractivity contribution is -0.122. The molecule has 10 heteroatoms. The number of aromatic nitrogens is 2. The van der Waals surface area contributed by atoms with Crippen LogP contribution in [0.15, 0.2) is 34.2 Å². The molecule has 1 saturated carbocycles. The number of benzene rings is 1. The van der Waals surface area contributed by atoms with Gasteiger partial charge in [0.25, 0.3) is 5.56 Å². The zero-order valence-corrected chi connectivity index (χ0v) is 17.4. The minimum atomic E-state index is -0.801. The lowest BCUT2D eigenvalue weighted by atomic mass is 10.1. The molecule has 1 aromatic heterocycles. The van der Waals surface area contributed by atoms with Gasteiger partial charge < -0.3 is 10.6 Å². The molecule has 1 aliphatic rings. The van der Waals surface area contributed by atoms with Gasteiger partial charge in [-0.15, -0.1) is 0 Å². The molecule has 0 radical (unpaired) electrons. The third-order valence-electron chi connectivity index (χ3n) is 4.37. The van der Waals surface area contributed by atoms with Crippen LogP contribution >= 0.6 is 23.4 Å². The van der Waals surface area contributed by atoms with E-state index in [1.54, 1.807) is 24.5 Å². The SMILES string of the molecule is CSc1nc(-c2ccc(Cl)cc2NC(C)=O)cc(=O)n1CC(=O)NC1(C#N)CC1. The molecule has 0 saturated heterocycles. The predicted octanol–water partition coefficient (Wildman–Crippen LogP) is 2.42. The average Bonchev–Trinajstić information content (AvgIpc) is 3.42. The van der Waals surface area contributed by atoms with E-state index in [1.165, 1.54) is 29.3 Å². The Balaban J connectivity index is 1.95. The third-order valence-corrected chi connectivity index (χ3v) is 5.28. The van der Waals surface area contributed by atoms with E-state index in [0.29, 0.717) is 40.0 Å². The van der Waals surface area contributed by atoms with Crippen molar-refractivity contribution in [1.82, 2.24) is 14.9 Å². The van der Waals surface area contributed by atoms with E-state index < -0.39 is 17.0 Å². The van der Waals surface area contributed by atoms with E-state index in [-0.39, 0.29) is 12.5 Å². The first-order valence-corrected chi connectivity index (χ1v) is 10.3. The summed E-state index contributed by atoms with van der Waals surface area (Å²) in [6.07, 6.45) is 2.96. The largest absolute Gasteiger partial charge is 0.336 e. The molecule has 2 aromatic rings. The topological polar surface area (TPSA) is 117 Å². The minimum Gasteiger partial charge on any atom is -0.336 e. The molecule has 2 N–H and O–H groups in total. The van der Waals surface area contributed by atoms with Crippen molar-refractivity contribution in [2.75, 3.05) is 11.6 Å². The van der Waals surface area contributed by atoms with Gasteiger partial charge in [0.05, 0.1) is 17.5 Å². The standard InChI is InChI=1S/C19H18ClN5O3S/c1-11(26)22-14-7-12(20)3-4-13(14)15-8-17(28)25(18(23-15)29-2)9-16(27)24-19(10-21)5-6-19/h3-4,7-8H,5-6,9H2,1-2H3,(H,22,26)(H,24,27). The van der Waals surface area contributed by atoms with E-state index in [4.69, 9.17) is 16.9 Å². The van der Waals surface area contributed by atoms with Crippen LogP contribution in [-0.2, 0) is 16.1 Å². The number of carbonyl (C=O) groups is 2. The summed E-state index contributed by atoms with van der Waals surface area (Å²) >= 11 is 7.24. The highest BCUT2D eigenvalue weighted by molar-refractivity contribution is 7.98. The number of hydrogen-bond donors (Lipinski definition) is 2. The van der Waals surface area contributed by atoms with Crippen molar-refractivity contribution in [3.8, 4) is 17.3 Å². The zero-order valence-electron chi connectivity index (χ0n) is 15.8. The molecule has 0 bridgehead atoms. The number of halogens is 1. The number of nitrogens with zero attached hydrogens (tertiary/aromatic N) is 3. The Bertz CT molecular complexity index is 1090. The summed E-state index contributed by atoms with van der Waals surface area (Å²) in [7, 11) is 0. The van der Waals surface area contributed by atoms with Crippen LogP contribution in [0.4, 0.5) is 5.69 Å². The van der Waals surface area contributed by atoms with Crippen LogP contribution in [0.5, 0.6) is 0 Å². The smallest absolute Gasteiger partial charge is 0.255 e. The van der Waals surface area contributed by atoms with Crippen molar-refractivity contribution in [3.05, 3.63) is 39.6 Å². The van der Waals surface area contributed by atoms with E-state index in [1.807, 2.05) is 0 Å². The molecule has 0 atom stereocenters. The van der Waals surface area contributed by atoms with Crippen molar-refractivity contribution < 1.29 is 9.59 Å². The van der Waals surface area contributed by atoms with Crippen molar-refractivity contribution in [2.45, 2.75) is 37.0 Å². The number of anilines is 1. The normalized spacial score (nSPS) is 14.0. The second-order valence-electron chi connectivity index (χ2n) is 6.67. The van der Waals surface area contributed by atoms with Gasteiger partial charge in [-0.2, -0.15) is 5.26 Å². The summed E-state index contributed by atoms with van der Waals surface area (Å²) in [5.74, 6) is -0.698. The van der Waals surface area contributed by atoms with Gasteiger partial charge in [-0.05, 0) is 37.3 Å². The first kappa shape index (κ1) is 20.9. The molecule has 1 fully saturated rings. The van der Waals surface area contributed by atoms with E-state index in [0.717, 1.165) is 0 Å². The van der Waals surface area contributed by atoms with E-state index in [9.17, 15) is 14.4 Å². The van der Waals surface area contributed by atoms with Gasteiger partial charge in [-0.3, -0.25) is 19.0 Å². The van der Waals surface area contributed by atoms with Gasteiger partial charge in [0.2, 0.25) is 11.8 Å². The summed E-state index contributed by atoms with van der Waals surface area (Å²) < 4.78 is 1.25. The first-order chi connectivity index (χ1) is 13.8. The van der Waals surface area contributed by atoms with Gasteiger partial charge in [-0.25, -0.2) is 4.98 Å². The van der Waals surface area contributed by atoms with E-state index >= 15 is 0 Å². The predicted molar refractivity (Wildman–Crippen MR) is 111 cm³/mol. The lowest BCUT2D eigenvalue weighted by Crippen LogP contribution is -2.40. The molecule has 2 amide bonds. The molecule has 1 heterocycles. The number of hydrogen-bond acceptors (Lipinski definition) is 6. The summed E-state index contributed by atoms with van der Waals surface area (Å²) in [5.41, 5.74) is 0.107. The first-order valence-electron chi connectivity index (χ1n) is 8.72. The fraction of sp³-hybridized carbons (Fsp3) is 0.316. The molecule has 0 unspecified atom stereocenters. The Morgan fingerprint density at radius 3 is 2.69 bits per heavy atom. The second-order valence-corrected chi connectivity index (χ2v) is 7.88. The van der Waals surface area contributed by atoms with Crippen LogP contribution in [0.2, 0.25) is 5.02 Å². The van der Waals surface area contributed by atoms with Crippen molar-refractivity contribution in [1.29, 1.82) is 5.26 Å². The number of amides is 2. The Morgan fingerprint density at radius 1 is 1.38 bits per heavy atom. The molecule has 29 heavy (non-hydrogen) atoms. The van der Waals surface area contributed by atoms with Gasteiger partial charge in [0.1, 0.15) is 12.1 Å². The van der Waals surface area contributed by atoms with Crippen LogP contribution in [-0.4, -0.2) is 33.2 Å². The van der Waals surface area contributed by atoms with Crippen LogP contribution < -0.4 is 16.2 Å². The number of rotatable bonds is 6. The molecule has 150 valence electrons. The fourth-order valence-electron chi connectivity index (χ4n) is 2.80. The molecular formula is C19H18ClN5O3S. The van der Waals surface area contributed by atoms with E-state index in [2.05, 4.69) is 21.7 Å². The Kier molecular flexibility index (Phi) is 5.96. The summed E-state index contributed by atoms with van der Waals surface area (Å²) in [5, 5.41) is 15.2. The highest BCUT2D eigenvalue weighted by atomic mass is 35.5. The fourth-order valence-corrected chi connectivity index (χ4v) is 3.53. The van der Waals surface area contributed by atoms with Crippen molar-refractivity contribution in [2.24, 2.45) is 0 Å². The van der Waals surface area contributed by atoms with Crippen LogP contribution in [0.3, 0.4) is 0 Å². The van der Waals surface area contributed by atoms with Crippen molar-refractivity contribution in [3.63, 3.8) is 0 Å². The third kappa shape index (κ3) is 4.78. The Hall–Kier alpha value is -2.83. The van der Waals surface area contributed by atoms with Crippen molar-refractivity contribution >= 4 is 40.9 Å². The number of nitriles is 1. The minimum absolute atomic E-state index is 0.231. The van der Waals surface area contributed by atoms with Gasteiger partial charge >= 0.3 is 0 Å². The lowest BCUT2D eigenvalue weighted by Gasteiger charge is -2.15. The average molecular weight is 432 g/mol. The molecule has 3 rings (SSSR count). The number of thioether (sulfide) groups is 1. The molecule has 8 nitrogen and oxygen atoms in total. The Labute approximate surface area is 176 Å². The van der Waals surface area contributed by atoms with Crippen LogP contribution in [0.25, 0.3) is 11.3 Å². The maximum Gasteiger partial charge on any atom is 0.255 e. The highest BCUT2D eigenvalue weighted by Crippen LogP contribution is 2.34. The molecule has 1 aromatic carbocycles. The molecule has 1 aliphatic carbocycles. The second kappa shape index (κ2) is 8.27. The summed E-state index contributed by atoms with van der Waals surface area (Å²) in [6.45, 7) is 1.14. The summed E-state index contributed by atoms with van der Waals surface area (Å²) in [6, 6.07) is 8.27. The van der Waals surface area contributed by atoms with Gasteiger partial charge in [0, 0.05) is 23.6 Å². The van der Waals surface area contributed by atoms with Crippen LogP contribution in [0.1, 0.15) is 19.8 Å². The van der Waals surface area contributed by atoms with Crippen LogP contribution in [0, 0.1) is 11.3 Å².